The van der Waals surface area contributed by atoms with Gasteiger partial charge in [0.2, 0.25) is 21.8 Å². The summed E-state index contributed by atoms with van der Waals surface area (Å²) in [5.74, 6) is -1.20. The Hall–Kier alpha value is -2.70. The van der Waals surface area contributed by atoms with E-state index in [2.05, 4.69) is 20.3 Å². The predicted octanol–water partition coefficient (Wildman–Crippen LogP) is 3.00. The third-order valence-corrected chi connectivity index (χ3v) is 8.45. The molecule has 1 aromatic heterocycles. The number of carbonyl (C=O) groups is 2. The van der Waals surface area contributed by atoms with Crippen molar-refractivity contribution in [3.63, 3.8) is 0 Å². The van der Waals surface area contributed by atoms with E-state index in [4.69, 9.17) is 0 Å². The second kappa shape index (κ2) is 8.81. The Labute approximate surface area is 185 Å². The number of anilines is 2. The number of rotatable bonds is 7. The highest BCUT2D eigenvalue weighted by Crippen LogP contribution is 2.32. The quantitative estimate of drug-likeness (QED) is 0.448. The molecule has 3 aromatic rings. The maximum Gasteiger partial charge on any atom is 0.242 e. The number of nitrogens with zero attached hydrogens (tertiary/aromatic N) is 1. The molecule has 1 aliphatic heterocycles. The molecule has 3 N–H and O–H groups in total. The van der Waals surface area contributed by atoms with E-state index in [1.165, 1.54) is 35.6 Å². The molecular formula is C19H17FN4O4S3. The molecule has 1 saturated heterocycles. The van der Waals surface area contributed by atoms with E-state index in [0.717, 1.165) is 16.5 Å². The fraction of sp³-hybridized carbons (Fsp3) is 0.211. The fourth-order valence-electron chi connectivity index (χ4n) is 2.93. The van der Waals surface area contributed by atoms with Crippen molar-refractivity contribution in [3.05, 3.63) is 48.3 Å². The van der Waals surface area contributed by atoms with Crippen LogP contribution in [0.5, 0.6) is 0 Å². The highest BCUT2D eigenvalue weighted by Gasteiger charge is 2.28. The molecule has 162 valence electrons. The van der Waals surface area contributed by atoms with E-state index >= 15 is 0 Å². The highest BCUT2D eigenvalue weighted by molar-refractivity contribution is 8.13. The van der Waals surface area contributed by atoms with Gasteiger partial charge in [-0.15, -0.1) is 11.3 Å². The van der Waals surface area contributed by atoms with Crippen LogP contribution in [0, 0.1) is 11.7 Å². The molecular weight excluding hydrogens is 463 g/mol. The number of nitrogens with one attached hydrogen (secondary N) is 3. The number of benzene rings is 2. The number of amides is 2. The monoisotopic (exact) mass is 480 g/mol. The van der Waals surface area contributed by atoms with Gasteiger partial charge in [-0.1, -0.05) is 11.8 Å². The standard InChI is InChI=1S/C19H17FN4O4S3/c20-12-1-3-13(4-2-12)24-31(27,28)10-29-19-23-15-6-5-14(8-16(15)30-19)22-18(26)11-7-17(25)21-9-11/h1-6,8,11,24H,7,9-10H2,(H,21,25)(H,22,26). The van der Waals surface area contributed by atoms with Crippen molar-refractivity contribution in [2.45, 2.75) is 10.8 Å². The molecule has 1 aliphatic rings. The SMILES string of the molecule is O=C1CC(C(=O)Nc2ccc3nc(SCS(=O)(=O)Nc4ccc(F)cc4)sc3c2)CN1. The van der Waals surface area contributed by atoms with Crippen molar-refractivity contribution in [1.82, 2.24) is 10.3 Å². The van der Waals surface area contributed by atoms with Gasteiger partial charge in [0.15, 0.2) is 4.34 Å². The van der Waals surface area contributed by atoms with E-state index in [1.54, 1.807) is 18.2 Å². The molecule has 1 fully saturated rings. The summed E-state index contributed by atoms with van der Waals surface area (Å²) in [6.45, 7) is 0.328. The lowest BCUT2D eigenvalue weighted by Crippen LogP contribution is -2.24. The molecule has 0 spiro atoms. The zero-order chi connectivity index (χ0) is 22.0. The van der Waals surface area contributed by atoms with Crippen LogP contribution in [-0.2, 0) is 19.6 Å². The number of carbonyl (C=O) groups excluding carboxylic acids is 2. The average Bonchev–Trinajstić information content (AvgIpc) is 3.34. The Balaban J connectivity index is 1.39. The lowest BCUT2D eigenvalue weighted by atomic mass is 10.1. The van der Waals surface area contributed by atoms with Crippen molar-refractivity contribution in [2.75, 3.05) is 21.7 Å². The smallest absolute Gasteiger partial charge is 0.242 e. The number of halogens is 1. The first-order chi connectivity index (χ1) is 14.8. The lowest BCUT2D eigenvalue weighted by Gasteiger charge is -2.08. The zero-order valence-electron chi connectivity index (χ0n) is 15.9. The summed E-state index contributed by atoms with van der Waals surface area (Å²) < 4.78 is 41.3. The van der Waals surface area contributed by atoms with Gasteiger partial charge in [0, 0.05) is 24.3 Å². The maximum absolute atomic E-state index is 13.0. The minimum atomic E-state index is -3.65. The van der Waals surface area contributed by atoms with Gasteiger partial charge in [-0.3, -0.25) is 14.3 Å². The Morgan fingerprint density at radius 3 is 2.68 bits per heavy atom. The molecule has 0 aliphatic carbocycles. The maximum atomic E-state index is 13.0. The number of aromatic nitrogens is 1. The van der Waals surface area contributed by atoms with Crippen LogP contribution < -0.4 is 15.4 Å². The Morgan fingerprint density at radius 1 is 1.23 bits per heavy atom. The second-order valence-electron chi connectivity index (χ2n) is 6.84. The zero-order valence-corrected chi connectivity index (χ0v) is 18.4. The molecule has 0 radical (unpaired) electrons. The number of fused-ring (bicyclic) bond motifs is 1. The molecule has 0 bridgehead atoms. The van der Waals surface area contributed by atoms with Crippen LogP contribution >= 0.6 is 23.1 Å². The molecule has 2 aromatic carbocycles. The predicted molar refractivity (Wildman–Crippen MR) is 119 cm³/mol. The Kier molecular flexibility index (Phi) is 6.12. The molecule has 2 heterocycles. The summed E-state index contributed by atoms with van der Waals surface area (Å²) >= 11 is 2.38. The fourth-order valence-corrected chi connectivity index (χ4v) is 6.52. The molecule has 1 atom stereocenters. The van der Waals surface area contributed by atoms with E-state index in [-0.39, 0.29) is 29.0 Å². The molecule has 1 unspecified atom stereocenters. The van der Waals surface area contributed by atoms with Gasteiger partial charge < -0.3 is 10.6 Å². The molecule has 2 amide bonds. The van der Waals surface area contributed by atoms with Crippen molar-refractivity contribution in [2.24, 2.45) is 5.92 Å². The normalized spacial score (nSPS) is 16.3. The summed E-state index contributed by atoms with van der Waals surface area (Å²) in [6.07, 6.45) is 0.176. The average molecular weight is 481 g/mol. The molecule has 12 heteroatoms. The largest absolute Gasteiger partial charge is 0.355 e. The molecule has 31 heavy (non-hydrogen) atoms. The Morgan fingerprint density at radius 2 is 1.97 bits per heavy atom. The minimum absolute atomic E-state index is 0.136. The van der Waals surface area contributed by atoms with Crippen molar-refractivity contribution < 1.29 is 22.4 Å². The van der Waals surface area contributed by atoms with Gasteiger partial charge in [-0.2, -0.15) is 0 Å². The Bertz CT molecular complexity index is 1240. The number of hydrogen-bond acceptors (Lipinski definition) is 7. The summed E-state index contributed by atoms with van der Waals surface area (Å²) in [5, 5.41) is 5.18. The van der Waals surface area contributed by atoms with Gasteiger partial charge in [-0.05, 0) is 42.5 Å². The molecule has 4 rings (SSSR count). The molecule has 0 saturated carbocycles. The second-order valence-corrected chi connectivity index (χ2v) is 11.2. The van der Waals surface area contributed by atoms with Gasteiger partial charge in [0.05, 0.1) is 16.1 Å². The van der Waals surface area contributed by atoms with Gasteiger partial charge >= 0.3 is 0 Å². The van der Waals surface area contributed by atoms with E-state index in [9.17, 15) is 22.4 Å². The number of thioether (sulfide) groups is 1. The van der Waals surface area contributed by atoms with Crippen LogP contribution in [0.25, 0.3) is 10.2 Å². The number of thiazole rings is 1. The van der Waals surface area contributed by atoms with Crippen LogP contribution in [0.1, 0.15) is 6.42 Å². The van der Waals surface area contributed by atoms with Crippen LogP contribution in [0.15, 0.2) is 46.8 Å². The van der Waals surface area contributed by atoms with Crippen LogP contribution in [-0.4, -0.2) is 36.8 Å². The third kappa shape index (κ3) is 5.51. The summed E-state index contributed by atoms with van der Waals surface area (Å²) in [5.41, 5.74) is 1.56. The van der Waals surface area contributed by atoms with E-state index < -0.39 is 21.8 Å². The number of hydrogen-bond donors (Lipinski definition) is 3. The lowest BCUT2D eigenvalue weighted by molar-refractivity contribution is -0.123. The topological polar surface area (TPSA) is 117 Å². The van der Waals surface area contributed by atoms with Crippen LogP contribution in [0.4, 0.5) is 15.8 Å². The van der Waals surface area contributed by atoms with Gasteiger partial charge in [0.1, 0.15) is 10.9 Å². The van der Waals surface area contributed by atoms with Crippen molar-refractivity contribution >= 4 is 66.5 Å². The number of sulfonamides is 1. The first-order valence-corrected chi connectivity index (χ1v) is 12.6. The van der Waals surface area contributed by atoms with Gasteiger partial charge in [0.25, 0.3) is 0 Å². The summed E-state index contributed by atoms with van der Waals surface area (Å²) in [4.78, 5) is 28.0. The summed E-state index contributed by atoms with van der Waals surface area (Å²) in [6, 6.07) is 10.3. The third-order valence-electron chi connectivity index (χ3n) is 4.44. The van der Waals surface area contributed by atoms with Crippen molar-refractivity contribution in [1.29, 1.82) is 0 Å². The van der Waals surface area contributed by atoms with Crippen LogP contribution in [0.3, 0.4) is 0 Å². The first kappa shape index (κ1) is 21.5. The minimum Gasteiger partial charge on any atom is -0.355 e. The van der Waals surface area contributed by atoms with Gasteiger partial charge in [-0.25, -0.2) is 17.8 Å². The highest BCUT2D eigenvalue weighted by atomic mass is 32.3. The van der Waals surface area contributed by atoms with E-state index in [1.807, 2.05) is 0 Å². The van der Waals surface area contributed by atoms with Crippen LogP contribution in [0.2, 0.25) is 0 Å². The first-order valence-electron chi connectivity index (χ1n) is 9.14. The van der Waals surface area contributed by atoms with Crippen molar-refractivity contribution in [3.8, 4) is 0 Å². The van der Waals surface area contributed by atoms with E-state index in [0.29, 0.717) is 22.1 Å². The molecule has 8 nitrogen and oxygen atoms in total. The summed E-state index contributed by atoms with van der Waals surface area (Å²) in [7, 11) is -3.65.